The first kappa shape index (κ1) is 16.6. The maximum Gasteiger partial charge on any atom is 0.390 e. The predicted octanol–water partition coefficient (Wildman–Crippen LogP) is 4.03. The average Bonchev–Trinajstić information content (AvgIpc) is 2.97. The Hall–Kier alpha value is -1.72. The number of carbonyl (C=O) groups is 1. The SMILES string of the molecule is CN(CCC(F)(F)F)C(=O)c1ccc(OC2CCCC2)cc1. The van der Waals surface area contributed by atoms with Gasteiger partial charge in [-0.25, -0.2) is 0 Å². The van der Waals surface area contributed by atoms with E-state index < -0.39 is 18.5 Å². The van der Waals surface area contributed by atoms with Crippen LogP contribution in [0.15, 0.2) is 24.3 Å². The Morgan fingerprint density at radius 1 is 1.23 bits per heavy atom. The molecule has 6 heteroatoms. The van der Waals surface area contributed by atoms with E-state index >= 15 is 0 Å². The van der Waals surface area contributed by atoms with E-state index in [0.717, 1.165) is 17.7 Å². The van der Waals surface area contributed by atoms with E-state index in [1.165, 1.54) is 19.9 Å². The molecular weight excluding hydrogens is 295 g/mol. The molecule has 0 aliphatic heterocycles. The lowest BCUT2D eigenvalue weighted by molar-refractivity contribution is -0.136. The minimum atomic E-state index is -4.26. The lowest BCUT2D eigenvalue weighted by Gasteiger charge is -2.18. The van der Waals surface area contributed by atoms with E-state index in [1.807, 2.05) is 0 Å². The van der Waals surface area contributed by atoms with E-state index in [1.54, 1.807) is 24.3 Å². The largest absolute Gasteiger partial charge is 0.490 e. The van der Waals surface area contributed by atoms with Crippen LogP contribution in [0, 0.1) is 0 Å². The number of alkyl halides is 3. The molecule has 0 radical (unpaired) electrons. The number of rotatable bonds is 5. The van der Waals surface area contributed by atoms with E-state index in [9.17, 15) is 18.0 Å². The fraction of sp³-hybridized carbons (Fsp3) is 0.562. The van der Waals surface area contributed by atoms with Crippen LogP contribution in [0.25, 0.3) is 0 Å². The molecule has 1 aliphatic rings. The standard InChI is InChI=1S/C16H20F3NO2/c1-20(11-10-16(17,18)19)15(21)12-6-8-14(9-7-12)22-13-4-2-3-5-13/h6-9,13H,2-5,10-11H2,1H3. The molecule has 1 aliphatic carbocycles. The van der Waals surface area contributed by atoms with Gasteiger partial charge in [-0.05, 0) is 49.9 Å². The molecule has 0 atom stereocenters. The highest BCUT2D eigenvalue weighted by molar-refractivity contribution is 5.94. The van der Waals surface area contributed by atoms with Gasteiger partial charge in [0.15, 0.2) is 0 Å². The molecule has 0 N–H and O–H groups in total. The number of carbonyl (C=O) groups excluding carboxylic acids is 1. The Morgan fingerprint density at radius 2 is 1.82 bits per heavy atom. The number of halogens is 3. The zero-order chi connectivity index (χ0) is 16.2. The van der Waals surface area contributed by atoms with Crippen molar-refractivity contribution in [3.05, 3.63) is 29.8 Å². The van der Waals surface area contributed by atoms with Crippen LogP contribution in [0.5, 0.6) is 5.75 Å². The summed E-state index contributed by atoms with van der Waals surface area (Å²) in [6.45, 7) is -0.345. The first-order chi connectivity index (χ1) is 10.3. The van der Waals surface area contributed by atoms with Crippen LogP contribution in [0.1, 0.15) is 42.5 Å². The topological polar surface area (TPSA) is 29.5 Å². The summed E-state index contributed by atoms with van der Waals surface area (Å²) in [6, 6.07) is 6.58. The number of ether oxygens (including phenoxy) is 1. The highest BCUT2D eigenvalue weighted by Gasteiger charge is 2.28. The lowest BCUT2D eigenvalue weighted by Crippen LogP contribution is -2.30. The summed E-state index contributed by atoms with van der Waals surface area (Å²) in [5.74, 6) is 0.276. The Bertz CT molecular complexity index is 493. The molecule has 2 rings (SSSR count). The normalized spacial score (nSPS) is 15.8. The molecule has 0 unspecified atom stereocenters. The van der Waals surface area contributed by atoms with E-state index in [-0.39, 0.29) is 12.6 Å². The molecule has 0 saturated heterocycles. The molecular formula is C16H20F3NO2. The average molecular weight is 315 g/mol. The van der Waals surface area contributed by atoms with Gasteiger partial charge in [0.25, 0.3) is 5.91 Å². The maximum atomic E-state index is 12.2. The summed E-state index contributed by atoms with van der Waals surface area (Å²) in [4.78, 5) is 13.1. The number of amides is 1. The Labute approximate surface area is 128 Å². The van der Waals surface area contributed by atoms with Crippen molar-refractivity contribution in [1.29, 1.82) is 0 Å². The van der Waals surface area contributed by atoms with Crippen LogP contribution in [0.4, 0.5) is 13.2 Å². The van der Waals surface area contributed by atoms with Crippen molar-refractivity contribution in [2.45, 2.75) is 44.4 Å². The first-order valence-corrected chi connectivity index (χ1v) is 7.44. The quantitative estimate of drug-likeness (QED) is 0.821. The highest BCUT2D eigenvalue weighted by atomic mass is 19.4. The third-order valence-corrected chi connectivity index (χ3v) is 3.78. The van der Waals surface area contributed by atoms with Crippen molar-refractivity contribution >= 4 is 5.91 Å². The monoisotopic (exact) mass is 315 g/mol. The first-order valence-electron chi connectivity index (χ1n) is 7.44. The van der Waals surface area contributed by atoms with Gasteiger partial charge in [-0.2, -0.15) is 13.2 Å². The molecule has 0 aromatic heterocycles. The lowest BCUT2D eigenvalue weighted by atomic mass is 10.2. The van der Waals surface area contributed by atoms with Crippen LogP contribution in [0.2, 0.25) is 0 Å². The van der Waals surface area contributed by atoms with Gasteiger partial charge in [0.05, 0.1) is 12.5 Å². The van der Waals surface area contributed by atoms with Crippen LogP contribution < -0.4 is 4.74 Å². The second-order valence-corrected chi connectivity index (χ2v) is 5.64. The van der Waals surface area contributed by atoms with Crippen molar-refractivity contribution in [2.24, 2.45) is 0 Å². The Balaban J connectivity index is 1.89. The molecule has 22 heavy (non-hydrogen) atoms. The third kappa shape index (κ3) is 4.93. The minimum absolute atomic E-state index is 0.232. The van der Waals surface area contributed by atoms with Crippen LogP contribution in [-0.2, 0) is 0 Å². The maximum absolute atomic E-state index is 12.2. The minimum Gasteiger partial charge on any atom is -0.490 e. The molecule has 1 aromatic rings. The van der Waals surface area contributed by atoms with Crippen LogP contribution >= 0.6 is 0 Å². The van der Waals surface area contributed by atoms with Crippen molar-refractivity contribution in [2.75, 3.05) is 13.6 Å². The van der Waals surface area contributed by atoms with Crippen LogP contribution in [0.3, 0.4) is 0 Å². The molecule has 122 valence electrons. The molecule has 1 fully saturated rings. The number of hydrogen-bond acceptors (Lipinski definition) is 2. The number of nitrogens with zero attached hydrogens (tertiary/aromatic N) is 1. The highest BCUT2D eigenvalue weighted by Crippen LogP contribution is 2.24. The summed E-state index contributed by atoms with van der Waals surface area (Å²) in [7, 11) is 1.37. The van der Waals surface area contributed by atoms with Crippen molar-refractivity contribution in [3.8, 4) is 5.75 Å². The van der Waals surface area contributed by atoms with Crippen molar-refractivity contribution in [3.63, 3.8) is 0 Å². The van der Waals surface area contributed by atoms with Gasteiger partial charge in [-0.3, -0.25) is 4.79 Å². The van der Waals surface area contributed by atoms with Gasteiger partial charge in [-0.1, -0.05) is 0 Å². The fourth-order valence-corrected chi connectivity index (χ4v) is 2.49. The second kappa shape index (κ2) is 7.03. The van der Waals surface area contributed by atoms with Gasteiger partial charge >= 0.3 is 6.18 Å². The molecule has 1 aromatic carbocycles. The van der Waals surface area contributed by atoms with Crippen molar-refractivity contribution in [1.82, 2.24) is 4.90 Å². The summed E-state index contributed by atoms with van der Waals surface area (Å²) in [5, 5.41) is 0. The van der Waals surface area contributed by atoms with E-state index in [0.29, 0.717) is 11.3 Å². The summed E-state index contributed by atoms with van der Waals surface area (Å²) < 4.78 is 42.3. The number of benzene rings is 1. The summed E-state index contributed by atoms with van der Waals surface area (Å²) in [6.07, 6.45) is -0.597. The zero-order valence-electron chi connectivity index (χ0n) is 12.5. The smallest absolute Gasteiger partial charge is 0.390 e. The van der Waals surface area contributed by atoms with Crippen LogP contribution in [-0.4, -0.2) is 36.7 Å². The number of hydrogen-bond donors (Lipinski definition) is 0. The Kier molecular flexibility index (Phi) is 5.32. The molecule has 3 nitrogen and oxygen atoms in total. The molecule has 0 spiro atoms. The van der Waals surface area contributed by atoms with Gasteiger partial charge in [0.2, 0.25) is 0 Å². The molecule has 1 saturated carbocycles. The van der Waals surface area contributed by atoms with Crippen molar-refractivity contribution < 1.29 is 22.7 Å². The molecule has 0 bridgehead atoms. The molecule has 0 heterocycles. The van der Waals surface area contributed by atoms with E-state index in [4.69, 9.17) is 4.74 Å². The Morgan fingerprint density at radius 3 is 2.36 bits per heavy atom. The second-order valence-electron chi connectivity index (χ2n) is 5.64. The van der Waals surface area contributed by atoms with Gasteiger partial charge in [-0.15, -0.1) is 0 Å². The van der Waals surface area contributed by atoms with Gasteiger partial charge in [0, 0.05) is 19.2 Å². The summed E-state index contributed by atoms with van der Waals surface area (Å²) in [5.41, 5.74) is 0.364. The van der Waals surface area contributed by atoms with Gasteiger partial charge in [0.1, 0.15) is 5.75 Å². The van der Waals surface area contributed by atoms with Gasteiger partial charge < -0.3 is 9.64 Å². The van der Waals surface area contributed by atoms with E-state index in [2.05, 4.69) is 0 Å². The zero-order valence-corrected chi connectivity index (χ0v) is 12.5. The fourth-order valence-electron chi connectivity index (χ4n) is 2.49. The third-order valence-electron chi connectivity index (χ3n) is 3.78. The predicted molar refractivity (Wildman–Crippen MR) is 77.0 cm³/mol. The summed E-state index contributed by atoms with van der Waals surface area (Å²) >= 11 is 0. The molecule has 1 amide bonds.